The quantitative estimate of drug-likeness (QED) is 0.159. The summed E-state index contributed by atoms with van der Waals surface area (Å²) in [5.41, 5.74) is 2.65. The van der Waals surface area contributed by atoms with Gasteiger partial charge in [-0.05, 0) is 28.9 Å². The first kappa shape index (κ1) is 36.6. The van der Waals surface area contributed by atoms with Crippen LogP contribution in [0.3, 0.4) is 0 Å². The van der Waals surface area contributed by atoms with Crippen LogP contribution in [0.25, 0.3) is 0 Å². The van der Waals surface area contributed by atoms with Gasteiger partial charge in [-0.1, -0.05) is 86.9 Å². The van der Waals surface area contributed by atoms with E-state index >= 15 is 0 Å². The summed E-state index contributed by atoms with van der Waals surface area (Å²) in [6.45, 7) is 3.18. The second kappa shape index (κ2) is 27.3. The van der Waals surface area contributed by atoms with Crippen molar-refractivity contribution in [1.82, 2.24) is 0 Å². The molecule has 0 bridgehead atoms. The molecular weight excluding hydrogens is 504 g/mol. The van der Waals surface area contributed by atoms with Gasteiger partial charge < -0.3 is 4.74 Å². The number of esters is 1. The van der Waals surface area contributed by atoms with Crippen LogP contribution in [0.5, 0.6) is 0 Å². The van der Waals surface area contributed by atoms with Crippen molar-refractivity contribution in [3.8, 4) is 48.1 Å². The molecule has 0 aliphatic carbocycles. The van der Waals surface area contributed by atoms with E-state index in [4.69, 9.17) is 23.0 Å². The standard InChI is InChI=1S/C15H14S3.C11H4O2.CH4.Al.B.HN.3H2/c16-15(17-11-13-7-3-1-4-8-13)18-12-14-9-5-2-6-10-14;1-3-5-6-7-8-9-10-13-11(12)4-2;;;;;;;/h1-10H,11-12H2;1,4H,2H2;1H4;;;4*1H. The number of thiocarbonyl (C=S) groups is 1. The molecule has 0 fully saturated rings. The van der Waals surface area contributed by atoms with E-state index in [9.17, 15) is 4.79 Å². The van der Waals surface area contributed by atoms with Crippen LogP contribution >= 0.6 is 35.7 Å². The number of nitrogens with one attached hydrogen (secondary N) is 1. The number of ether oxygens (including phenoxy) is 1. The zero-order chi connectivity index (χ0) is 24.6. The van der Waals surface area contributed by atoms with Gasteiger partial charge in [-0.2, -0.15) is 0 Å². The van der Waals surface area contributed by atoms with E-state index in [0.717, 1.165) is 21.1 Å². The van der Waals surface area contributed by atoms with Crippen LogP contribution < -0.4 is 0 Å². The molecule has 2 aromatic rings. The Morgan fingerprint density at radius 3 is 1.83 bits per heavy atom. The fourth-order valence-electron chi connectivity index (χ4n) is 1.75. The first-order valence-electron chi connectivity index (χ1n) is 9.10. The summed E-state index contributed by atoms with van der Waals surface area (Å²) in [6.07, 6.45) is 7.87. The first-order chi connectivity index (χ1) is 16.2. The summed E-state index contributed by atoms with van der Waals surface area (Å²) < 4.78 is 11.0. The van der Waals surface area contributed by atoms with Gasteiger partial charge in [0.2, 0.25) is 0 Å². The van der Waals surface area contributed by atoms with E-state index in [1.165, 1.54) is 11.1 Å². The second-order valence-corrected chi connectivity index (χ2v) is 8.45. The Bertz CT molecular complexity index is 1090. The predicted molar refractivity (Wildman–Crippen MR) is 164 cm³/mol. The van der Waals surface area contributed by atoms with Crippen LogP contribution in [0.1, 0.15) is 22.8 Å². The zero-order valence-corrected chi connectivity index (χ0v) is 21.8. The molecule has 35 heavy (non-hydrogen) atoms. The maximum absolute atomic E-state index is 10.4. The van der Waals surface area contributed by atoms with Gasteiger partial charge in [0, 0.05) is 48.0 Å². The molecule has 178 valence electrons. The monoisotopic (exact) mass is 533 g/mol. The summed E-state index contributed by atoms with van der Waals surface area (Å²) in [5, 5.41) is 0. The molecule has 3 nitrogen and oxygen atoms in total. The Balaban J connectivity index is -0.000000117. The Kier molecular flexibility index (Phi) is 28.6. The molecule has 0 heterocycles. The molecule has 0 atom stereocenters. The molecule has 8 heteroatoms. The molecule has 0 spiro atoms. The molecule has 0 aliphatic heterocycles. The Labute approximate surface area is 238 Å². The van der Waals surface area contributed by atoms with Gasteiger partial charge in [-0.15, -0.1) is 29.9 Å². The molecule has 0 amide bonds. The van der Waals surface area contributed by atoms with Gasteiger partial charge in [-0.3, -0.25) is 0 Å². The van der Waals surface area contributed by atoms with Crippen LogP contribution in [0.2, 0.25) is 0 Å². The normalized spacial score (nSPS) is 7.26. The third-order valence-electron chi connectivity index (χ3n) is 3.09. The van der Waals surface area contributed by atoms with E-state index in [-0.39, 0.29) is 20.1 Å². The van der Waals surface area contributed by atoms with Crippen LogP contribution in [0, 0.1) is 52.4 Å². The number of hydrogen-bond acceptors (Lipinski definition) is 6. The van der Waals surface area contributed by atoms with Gasteiger partial charge in [0.1, 0.15) is 9.64 Å². The van der Waals surface area contributed by atoms with Crippen molar-refractivity contribution in [2.75, 3.05) is 0 Å². The topological polar surface area (TPSA) is 50.2 Å². The third kappa shape index (κ3) is 22.6. The fourth-order valence-corrected chi connectivity index (χ4v) is 3.74. The number of carbonyl (C=O) groups excluding carboxylic acids is 1. The maximum atomic E-state index is 10.4. The minimum atomic E-state index is -0.621. The average molecular weight is 534 g/mol. The predicted octanol–water partition coefficient (Wildman–Crippen LogP) is 6.37. The van der Waals surface area contributed by atoms with E-state index in [2.05, 4.69) is 95.4 Å². The molecule has 0 saturated carbocycles. The molecule has 1 N–H and O–H groups in total. The fraction of sp³-hybridized carbons (Fsp3) is 0.111. The third-order valence-corrected chi connectivity index (χ3v) is 5.93. The molecule has 0 aliphatic rings. The van der Waals surface area contributed by atoms with Crippen molar-refractivity contribution >= 4 is 69.7 Å². The zero-order valence-electron chi connectivity index (χ0n) is 18.2. The van der Waals surface area contributed by atoms with Gasteiger partial charge in [0.15, 0.2) is 0 Å². The van der Waals surface area contributed by atoms with Crippen LogP contribution in [-0.2, 0) is 21.0 Å². The van der Waals surface area contributed by atoms with Crippen molar-refractivity contribution in [2.24, 2.45) is 0 Å². The Hall–Kier alpha value is -2.92. The van der Waals surface area contributed by atoms with Crippen molar-refractivity contribution in [2.45, 2.75) is 18.9 Å². The summed E-state index contributed by atoms with van der Waals surface area (Å²) in [7, 11) is 0. The Morgan fingerprint density at radius 1 is 0.971 bits per heavy atom. The number of rotatable bonds is 5. The van der Waals surface area contributed by atoms with E-state index in [0.29, 0.717) is 0 Å². The van der Waals surface area contributed by atoms with Gasteiger partial charge >= 0.3 is 26.4 Å². The molecule has 0 unspecified atom stereocenters. The molecule has 0 saturated heterocycles. The molecule has 2 rings (SSSR count). The van der Waals surface area contributed by atoms with E-state index < -0.39 is 5.97 Å². The van der Waals surface area contributed by atoms with Gasteiger partial charge in [0.05, 0.1) is 0 Å². The number of hydrogen-bond donors (Lipinski definition) is 1. The van der Waals surface area contributed by atoms with Crippen LogP contribution in [0.15, 0.2) is 73.3 Å². The molecule has 4 radical (unpaired) electrons. The molecule has 2 aromatic carbocycles. The summed E-state index contributed by atoms with van der Waals surface area (Å²) in [4.78, 5) is 10.4. The van der Waals surface area contributed by atoms with E-state index in [1.54, 1.807) is 39.6 Å². The van der Waals surface area contributed by atoms with Crippen molar-refractivity contribution < 1.29 is 13.8 Å². The number of terminal acetylenes is 1. The van der Waals surface area contributed by atoms with Crippen LogP contribution in [-0.4, -0.2) is 34.0 Å². The summed E-state index contributed by atoms with van der Waals surface area (Å²) >= 11 is 10.5. The van der Waals surface area contributed by atoms with Gasteiger partial charge in [0.25, 0.3) is 0 Å². The summed E-state index contributed by atoms with van der Waals surface area (Å²) in [5.74, 6) is 14.9. The molecule has 0 aromatic heterocycles. The van der Waals surface area contributed by atoms with Crippen molar-refractivity contribution in [1.29, 1.82) is 4.35 Å². The summed E-state index contributed by atoms with van der Waals surface area (Å²) in [6, 6.07) is 20.9. The number of benzene rings is 2. The average Bonchev–Trinajstić information content (AvgIpc) is 2.88. The minimum absolute atomic E-state index is 0. The second-order valence-electron chi connectivity index (χ2n) is 5.30. The number of thioether (sulfide) groups is 2. The van der Waals surface area contributed by atoms with Crippen LogP contribution in [0.4, 0.5) is 0 Å². The van der Waals surface area contributed by atoms with Crippen molar-refractivity contribution in [3.05, 3.63) is 84.4 Å². The van der Waals surface area contributed by atoms with Crippen molar-refractivity contribution in [3.63, 3.8) is 0 Å². The van der Waals surface area contributed by atoms with E-state index in [1.807, 2.05) is 18.2 Å². The first-order valence-corrected chi connectivity index (χ1v) is 12.1. The number of carbonyl (C=O) groups is 1. The Morgan fingerprint density at radius 2 is 1.40 bits per heavy atom. The van der Waals surface area contributed by atoms with Gasteiger partial charge in [-0.25, -0.2) is 4.79 Å². The SMILES string of the molecule is C.C#CC#CC#CC#COC(=O)C=C.S=C(SCc1ccccc1)SCc1ccccc1.[B].[HH].[HH].[HH].[NH]=[Al]. The molecular formula is C27H29AlBNO2S3.